The Balaban J connectivity index is 2.01. The van der Waals surface area contributed by atoms with E-state index in [9.17, 15) is 15.0 Å². The number of halogens is 1. The number of hydrogen-bond donors (Lipinski definition) is 4. The second-order valence-corrected chi connectivity index (χ2v) is 5.65. The van der Waals surface area contributed by atoms with Crippen molar-refractivity contribution in [2.75, 3.05) is 6.61 Å². The minimum atomic E-state index is -1.39. The van der Waals surface area contributed by atoms with Gasteiger partial charge in [0.25, 0.3) is 12.2 Å². The van der Waals surface area contributed by atoms with Crippen LogP contribution in [0, 0.1) is 0 Å². The molecule has 11 heteroatoms. The third-order valence-electron chi connectivity index (χ3n) is 3.49. The molecule has 1 saturated heterocycles. The van der Waals surface area contributed by atoms with Crippen LogP contribution in [-0.4, -0.2) is 67.1 Å². The third kappa shape index (κ3) is 2.56. The number of aromatic nitrogens is 3. The summed E-state index contributed by atoms with van der Waals surface area (Å²) in [5.41, 5.74) is 5.67. The van der Waals surface area contributed by atoms with Gasteiger partial charge in [-0.15, -0.1) is 0 Å². The van der Waals surface area contributed by atoms with Gasteiger partial charge in [0.2, 0.25) is 0 Å². The Kier molecular flexibility index (Phi) is 4.21. The van der Waals surface area contributed by atoms with Gasteiger partial charge >= 0.3 is 0 Å². The van der Waals surface area contributed by atoms with E-state index in [2.05, 4.69) is 25.9 Å². The summed E-state index contributed by atoms with van der Waals surface area (Å²) in [5, 5.41) is 29.1. The Hall–Kier alpha value is -1.79. The molecule has 1 fully saturated rings. The molecule has 1 aliphatic rings. The van der Waals surface area contributed by atoms with Crippen LogP contribution in [0.1, 0.15) is 10.4 Å². The van der Waals surface area contributed by atoms with Crippen molar-refractivity contribution in [1.29, 1.82) is 0 Å². The molecule has 4 atom stereocenters. The molecule has 10 nitrogen and oxygen atoms in total. The molecule has 0 unspecified atom stereocenters. The van der Waals surface area contributed by atoms with Crippen LogP contribution in [0.15, 0.2) is 17.1 Å². The number of fused-ring (bicyclic) bond motifs is 1. The second kappa shape index (κ2) is 6.02. The fourth-order valence-electron chi connectivity index (χ4n) is 2.35. The number of aliphatic hydroxyl groups is 3. The molecular formula is C12H13BrN4O6. The standard InChI is InChI=1S/C12H13BrN4O6/c13-9-6(10(14)21)4-1-15-3-16-11(4)17(9)23-12-8(20)7(19)5(2-18)22-12/h1,3,5,7-8,12,18-20H,2H2,(H2,14,21)/t5-,7+,8-,12+/m0/s1. The molecular weight excluding hydrogens is 376 g/mol. The van der Waals surface area contributed by atoms with Crippen LogP contribution in [-0.2, 0) is 4.74 Å². The maximum absolute atomic E-state index is 11.6. The van der Waals surface area contributed by atoms with Crippen molar-refractivity contribution in [3.63, 3.8) is 0 Å². The highest BCUT2D eigenvalue weighted by molar-refractivity contribution is 9.10. The number of ether oxygens (including phenoxy) is 1. The number of amides is 1. The van der Waals surface area contributed by atoms with Gasteiger partial charge in [-0.25, -0.2) is 9.97 Å². The van der Waals surface area contributed by atoms with Gasteiger partial charge < -0.3 is 30.6 Å². The highest BCUT2D eigenvalue weighted by Crippen LogP contribution is 2.29. The van der Waals surface area contributed by atoms with Crippen LogP contribution >= 0.6 is 15.9 Å². The Morgan fingerprint density at radius 1 is 1.48 bits per heavy atom. The fourth-order valence-corrected chi connectivity index (χ4v) is 3.01. The molecule has 0 radical (unpaired) electrons. The summed E-state index contributed by atoms with van der Waals surface area (Å²) in [6.45, 7) is -0.486. The summed E-state index contributed by atoms with van der Waals surface area (Å²) in [5.74, 6) is -0.722. The zero-order chi connectivity index (χ0) is 16.7. The van der Waals surface area contributed by atoms with E-state index in [0.29, 0.717) is 5.39 Å². The minimum absolute atomic E-state index is 0.104. The number of nitrogens with two attached hydrogens (primary N) is 1. The van der Waals surface area contributed by atoms with Crippen molar-refractivity contribution >= 4 is 32.9 Å². The van der Waals surface area contributed by atoms with Crippen LogP contribution in [0.4, 0.5) is 0 Å². The SMILES string of the molecule is NC(=O)c1c(Br)n(O[C@H]2O[C@@H](CO)[C@@H](O)[C@@H]2O)c2ncncc12. The number of primary amides is 1. The van der Waals surface area contributed by atoms with E-state index in [-0.39, 0.29) is 15.8 Å². The third-order valence-corrected chi connectivity index (χ3v) is 4.21. The first-order chi connectivity index (χ1) is 11.0. The van der Waals surface area contributed by atoms with E-state index in [1.165, 1.54) is 12.5 Å². The van der Waals surface area contributed by atoms with E-state index in [1.807, 2.05) is 0 Å². The monoisotopic (exact) mass is 388 g/mol. The smallest absolute Gasteiger partial charge is 0.254 e. The van der Waals surface area contributed by atoms with Gasteiger partial charge in [0.15, 0.2) is 5.65 Å². The van der Waals surface area contributed by atoms with Gasteiger partial charge in [0, 0.05) is 6.20 Å². The maximum atomic E-state index is 11.6. The van der Waals surface area contributed by atoms with Crippen LogP contribution in [0.25, 0.3) is 11.0 Å². The van der Waals surface area contributed by atoms with E-state index in [1.54, 1.807) is 0 Å². The Morgan fingerprint density at radius 3 is 2.83 bits per heavy atom. The van der Waals surface area contributed by atoms with Gasteiger partial charge in [-0.05, 0) is 15.9 Å². The lowest BCUT2D eigenvalue weighted by atomic mass is 10.1. The average Bonchev–Trinajstić information content (AvgIpc) is 2.96. The van der Waals surface area contributed by atoms with Crippen molar-refractivity contribution in [1.82, 2.24) is 14.7 Å². The van der Waals surface area contributed by atoms with E-state index in [0.717, 1.165) is 4.73 Å². The largest absolute Gasteiger partial charge is 0.394 e. The Labute approximate surface area is 137 Å². The molecule has 3 rings (SSSR count). The van der Waals surface area contributed by atoms with Crippen molar-refractivity contribution < 1.29 is 29.7 Å². The molecule has 0 aromatic carbocycles. The van der Waals surface area contributed by atoms with E-state index in [4.69, 9.17) is 20.4 Å². The molecule has 124 valence electrons. The molecule has 3 heterocycles. The van der Waals surface area contributed by atoms with Crippen LogP contribution in [0.3, 0.4) is 0 Å². The molecule has 0 bridgehead atoms. The maximum Gasteiger partial charge on any atom is 0.254 e. The lowest BCUT2D eigenvalue weighted by molar-refractivity contribution is -0.170. The molecule has 2 aromatic heterocycles. The summed E-state index contributed by atoms with van der Waals surface area (Å²) >= 11 is 3.19. The number of hydrogen-bond acceptors (Lipinski definition) is 8. The summed E-state index contributed by atoms with van der Waals surface area (Å²) in [4.78, 5) is 25.0. The van der Waals surface area contributed by atoms with Crippen LogP contribution in [0.2, 0.25) is 0 Å². The number of aliphatic hydroxyl groups excluding tert-OH is 3. The predicted octanol–water partition coefficient (Wildman–Crippen LogP) is -1.84. The van der Waals surface area contributed by atoms with E-state index < -0.39 is 37.1 Å². The summed E-state index contributed by atoms with van der Waals surface area (Å²) in [6.07, 6.45) is -2.32. The fraction of sp³-hybridized carbons (Fsp3) is 0.417. The normalized spacial score (nSPS) is 27.5. The molecule has 1 aliphatic heterocycles. The first-order valence-corrected chi connectivity index (χ1v) is 7.34. The summed E-state index contributed by atoms with van der Waals surface area (Å²) < 4.78 is 6.51. The van der Waals surface area contributed by atoms with E-state index >= 15 is 0 Å². The predicted molar refractivity (Wildman–Crippen MR) is 78.1 cm³/mol. The molecule has 2 aromatic rings. The van der Waals surface area contributed by atoms with Gasteiger partial charge in [-0.2, -0.15) is 4.73 Å². The van der Waals surface area contributed by atoms with Crippen LogP contribution < -0.4 is 10.6 Å². The molecule has 1 amide bonds. The number of carbonyl (C=O) groups excluding carboxylic acids is 1. The molecule has 0 aliphatic carbocycles. The lowest BCUT2D eigenvalue weighted by Gasteiger charge is -2.17. The highest BCUT2D eigenvalue weighted by Gasteiger charge is 2.45. The first-order valence-electron chi connectivity index (χ1n) is 6.55. The van der Waals surface area contributed by atoms with Gasteiger partial charge in [-0.3, -0.25) is 4.79 Å². The molecule has 5 N–H and O–H groups in total. The molecule has 0 saturated carbocycles. The second-order valence-electron chi connectivity index (χ2n) is 4.90. The quantitative estimate of drug-likeness (QED) is 0.476. The molecule has 23 heavy (non-hydrogen) atoms. The van der Waals surface area contributed by atoms with Gasteiger partial charge in [0.1, 0.15) is 29.2 Å². The van der Waals surface area contributed by atoms with Gasteiger partial charge in [0.05, 0.1) is 17.6 Å². The van der Waals surface area contributed by atoms with Crippen LogP contribution in [0.5, 0.6) is 0 Å². The summed E-state index contributed by atoms with van der Waals surface area (Å²) in [6, 6.07) is 0. The number of carbonyl (C=O) groups is 1. The number of rotatable bonds is 4. The van der Waals surface area contributed by atoms with Crippen molar-refractivity contribution in [3.05, 3.63) is 22.7 Å². The topological polar surface area (TPSA) is 153 Å². The van der Waals surface area contributed by atoms with Crippen molar-refractivity contribution in [3.8, 4) is 0 Å². The lowest BCUT2D eigenvalue weighted by Crippen LogP contribution is -2.38. The average molecular weight is 389 g/mol. The minimum Gasteiger partial charge on any atom is -0.394 e. The Bertz CT molecular complexity index is 752. The zero-order valence-corrected chi connectivity index (χ0v) is 13.1. The number of nitrogens with zero attached hydrogens (tertiary/aromatic N) is 3. The Morgan fingerprint density at radius 2 is 2.22 bits per heavy atom. The molecule has 0 spiro atoms. The van der Waals surface area contributed by atoms with Crippen molar-refractivity contribution in [2.24, 2.45) is 5.73 Å². The van der Waals surface area contributed by atoms with Gasteiger partial charge in [-0.1, -0.05) is 0 Å². The first kappa shape index (κ1) is 16.1. The highest BCUT2D eigenvalue weighted by atomic mass is 79.9. The zero-order valence-electron chi connectivity index (χ0n) is 11.5. The summed E-state index contributed by atoms with van der Waals surface area (Å²) in [7, 11) is 0. The van der Waals surface area contributed by atoms with Crippen molar-refractivity contribution in [2.45, 2.75) is 24.6 Å².